The quantitative estimate of drug-likeness (QED) is 0.850. The van der Waals surface area contributed by atoms with Gasteiger partial charge >= 0.3 is 0 Å². The van der Waals surface area contributed by atoms with Gasteiger partial charge in [0.05, 0.1) is 11.9 Å². The molecule has 4 nitrogen and oxygen atoms in total. The molecular weight excluding hydrogens is 318 g/mol. The number of pyridine rings is 1. The summed E-state index contributed by atoms with van der Waals surface area (Å²) in [5.41, 5.74) is 0.386. The summed E-state index contributed by atoms with van der Waals surface area (Å²) in [5.74, 6) is -1.24. The lowest BCUT2D eigenvalue weighted by atomic mass is 10.3. The first-order chi connectivity index (χ1) is 10.00. The predicted octanol–water partition coefficient (Wildman–Crippen LogP) is 2.66. The number of halogens is 2. The van der Waals surface area contributed by atoms with Gasteiger partial charge in [0.25, 0.3) is 10.0 Å². The SMILES string of the molecule is O=S(=O)(c1cc(F)ccc1F)N1CCSc2ccncc21. The lowest BCUT2D eigenvalue weighted by molar-refractivity contribution is 0.551. The van der Waals surface area contributed by atoms with Gasteiger partial charge < -0.3 is 0 Å². The van der Waals surface area contributed by atoms with E-state index in [4.69, 9.17) is 0 Å². The van der Waals surface area contributed by atoms with Crippen LogP contribution in [0, 0.1) is 11.6 Å². The lowest BCUT2D eigenvalue weighted by Crippen LogP contribution is -2.36. The fraction of sp³-hybridized carbons (Fsp3) is 0.154. The summed E-state index contributed by atoms with van der Waals surface area (Å²) in [4.78, 5) is 3.99. The molecule has 0 spiro atoms. The van der Waals surface area contributed by atoms with E-state index in [0.717, 1.165) is 21.3 Å². The van der Waals surface area contributed by atoms with Gasteiger partial charge in [-0.1, -0.05) is 0 Å². The third kappa shape index (κ3) is 2.49. The molecule has 0 unspecified atom stereocenters. The summed E-state index contributed by atoms with van der Waals surface area (Å²) < 4.78 is 53.4. The van der Waals surface area contributed by atoms with E-state index in [1.54, 1.807) is 12.3 Å². The van der Waals surface area contributed by atoms with Crippen LogP contribution in [0.2, 0.25) is 0 Å². The number of sulfonamides is 1. The molecule has 1 aliphatic rings. The molecule has 0 bridgehead atoms. The van der Waals surface area contributed by atoms with Gasteiger partial charge in [-0.3, -0.25) is 9.29 Å². The zero-order valence-corrected chi connectivity index (χ0v) is 12.3. The number of anilines is 1. The van der Waals surface area contributed by atoms with Crippen LogP contribution in [0.15, 0.2) is 46.5 Å². The highest BCUT2D eigenvalue weighted by molar-refractivity contribution is 8.00. The molecule has 2 aromatic rings. The highest BCUT2D eigenvalue weighted by Gasteiger charge is 2.32. The first-order valence-electron chi connectivity index (χ1n) is 6.05. The maximum atomic E-state index is 13.8. The van der Waals surface area contributed by atoms with Crippen LogP contribution in [0.3, 0.4) is 0 Å². The Hall–Kier alpha value is -1.67. The Balaban J connectivity index is 2.14. The Kier molecular flexibility index (Phi) is 3.58. The Morgan fingerprint density at radius 2 is 2.05 bits per heavy atom. The molecule has 21 heavy (non-hydrogen) atoms. The zero-order chi connectivity index (χ0) is 15.0. The van der Waals surface area contributed by atoms with E-state index in [2.05, 4.69) is 4.98 Å². The van der Waals surface area contributed by atoms with Crippen LogP contribution >= 0.6 is 11.8 Å². The van der Waals surface area contributed by atoms with E-state index in [9.17, 15) is 17.2 Å². The summed E-state index contributed by atoms with van der Waals surface area (Å²) in [6.45, 7) is 0.182. The van der Waals surface area contributed by atoms with Crippen LogP contribution in [-0.2, 0) is 10.0 Å². The molecule has 1 aromatic heterocycles. The molecule has 0 amide bonds. The Labute approximate surface area is 124 Å². The van der Waals surface area contributed by atoms with Crippen molar-refractivity contribution in [3.63, 3.8) is 0 Å². The summed E-state index contributed by atoms with van der Waals surface area (Å²) in [7, 11) is -4.16. The maximum Gasteiger partial charge on any atom is 0.267 e. The van der Waals surface area contributed by atoms with E-state index in [0.29, 0.717) is 17.5 Å². The van der Waals surface area contributed by atoms with Gasteiger partial charge in [-0.15, -0.1) is 11.8 Å². The van der Waals surface area contributed by atoms with E-state index in [-0.39, 0.29) is 6.54 Å². The third-order valence-electron chi connectivity index (χ3n) is 3.04. The average molecular weight is 328 g/mol. The summed E-state index contributed by atoms with van der Waals surface area (Å²) in [6.07, 6.45) is 2.97. The average Bonchev–Trinajstić information content (AvgIpc) is 2.49. The second-order valence-electron chi connectivity index (χ2n) is 4.34. The van der Waals surface area contributed by atoms with E-state index in [1.165, 1.54) is 18.0 Å². The van der Waals surface area contributed by atoms with Crippen molar-refractivity contribution in [3.8, 4) is 0 Å². The molecule has 0 N–H and O–H groups in total. The molecule has 0 radical (unpaired) electrons. The Bertz CT molecular complexity index is 797. The number of aromatic nitrogens is 1. The first kappa shape index (κ1) is 14.3. The molecule has 0 fully saturated rings. The van der Waals surface area contributed by atoms with Crippen LogP contribution in [0.25, 0.3) is 0 Å². The number of fused-ring (bicyclic) bond motifs is 1. The number of benzene rings is 1. The first-order valence-corrected chi connectivity index (χ1v) is 8.47. The smallest absolute Gasteiger partial charge is 0.263 e. The number of hydrogen-bond acceptors (Lipinski definition) is 4. The van der Waals surface area contributed by atoms with Crippen molar-refractivity contribution in [2.75, 3.05) is 16.6 Å². The van der Waals surface area contributed by atoms with E-state index < -0.39 is 26.6 Å². The van der Waals surface area contributed by atoms with E-state index >= 15 is 0 Å². The van der Waals surface area contributed by atoms with Crippen molar-refractivity contribution in [2.24, 2.45) is 0 Å². The van der Waals surface area contributed by atoms with Crippen molar-refractivity contribution in [2.45, 2.75) is 9.79 Å². The van der Waals surface area contributed by atoms with Crippen LogP contribution in [0.1, 0.15) is 0 Å². The minimum absolute atomic E-state index is 0.182. The predicted molar refractivity (Wildman–Crippen MR) is 75.9 cm³/mol. The summed E-state index contributed by atoms with van der Waals surface area (Å²) in [5, 5.41) is 0. The Morgan fingerprint density at radius 3 is 2.86 bits per heavy atom. The van der Waals surface area contributed by atoms with Crippen molar-refractivity contribution in [3.05, 3.63) is 48.3 Å². The van der Waals surface area contributed by atoms with Crippen LogP contribution in [0.4, 0.5) is 14.5 Å². The highest BCUT2D eigenvalue weighted by Crippen LogP contribution is 2.37. The van der Waals surface area contributed by atoms with Crippen LogP contribution < -0.4 is 4.31 Å². The van der Waals surface area contributed by atoms with Gasteiger partial charge in [0.15, 0.2) is 0 Å². The molecular formula is C13H10F2N2O2S2. The molecule has 0 saturated heterocycles. The maximum absolute atomic E-state index is 13.8. The lowest BCUT2D eigenvalue weighted by Gasteiger charge is -2.29. The molecule has 0 aliphatic carbocycles. The highest BCUT2D eigenvalue weighted by atomic mass is 32.2. The third-order valence-corrected chi connectivity index (χ3v) is 5.91. The fourth-order valence-electron chi connectivity index (χ4n) is 2.08. The molecule has 110 valence electrons. The van der Waals surface area contributed by atoms with Crippen molar-refractivity contribution in [1.29, 1.82) is 0 Å². The van der Waals surface area contributed by atoms with Gasteiger partial charge in [-0.2, -0.15) is 0 Å². The molecule has 8 heteroatoms. The standard InChI is InChI=1S/C13H10F2N2O2S2/c14-9-1-2-10(15)13(7-9)21(18,19)17-5-6-20-12-3-4-16-8-11(12)17/h1-4,7-8H,5-6H2. The minimum atomic E-state index is -4.16. The number of thioether (sulfide) groups is 1. The number of hydrogen-bond donors (Lipinski definition) is 0. The van der Waals surface area contributed by atoms with Gasteiger partial charge in [0.1, 0.15) is 16.5 Å². The van der Waals surface area contributed by atoms with Crippen molar-refractivity contribution < 1.29 is 17.2 Å². The van der Waals surface area contributed by atoms with Gasteiger partial charge in [0, 0.05) is 23.4 Å². The fourth-order valence-corrected chi connectivity index (χ4v) is 4.77. The normalized spacial score (nSPS) is 14.9. The Morgan fingerprint density at radius 1 is 1.24 bits per heavy atom. The molecule has 1 aromatic carbocycles. The molecule has 3 rings (SSSR count). The van der Waals surface area contributed by atoms with E-state index in [1.807, 2.05) is 0 Å². The molecule has 0 atom stereocenters. The monoisotopic (exact) mass is 328 g/mol. The molecule has 1 aliphatic heterocycles. The minimum Gasteiger partial charge on any atom is -0.263 e. The van der Waals surface area contributed by atoms with Gasteiger partial charge in [-0.05, 0) is 24.3 Å². The molecule has 0 saturated carbocycles. The van der Waals surface area contributed by atoms with Crippen LogP contribution in [0.5, 0.6) is 0 Å². The largest absolute Gasteiger partial charge is 0.267 e. The number of rotatable bonds is 2. The van der Waals surface area contributed by atoms with Gasteiger partial charge in [0.2, 0.25) is 0 Å². The topological polar surface area (TPSA) is 50.3 Å². The second-order valence-corrected chi connectivity index (χ2v) is 7.31. The molecule has 2 heterocycles. The number of nitrogens with zero attached hydrogens (tertiary/aromatic N) is 2. The van der Waals surface area contributed by atoms with Gasteiger partial charge in [-0.25, -0.2) is 17.2 Å². The second kappa shape index (κ2) is 5.27. The zero-order valence-electron chi connectivity index (χ0n) is 10.7. The van der Waals surface area contributed by atoms with Crippen LogP contribution in [-0.4, -0.2) is 25.7 Å². The van der Waals surface area contributed by atoms with Crippen molar-refractivity contribution >= 4 is 27.5 Å². The summed E-state index contributed by atoms with van der Waals surface area (Å²) in [6, 6.07) is 4.09. The van der Waals surface area contributed by atoms with Crippen molar-refractivity contribution in [1.82, 2.24) is 4.98 Å². The summed E-state index contributed by atoms with van der Waals surface area (Å²) >= 11 is 1.50.